The van der Waals surface area contributed by atoms with Crippen molar-refractivity contribution in [3.63, 3.8) is 0 Å². The van der Waals surface area contributed by atoms with E-state index in [1.54, 1.807) is 23.1 Å². The second-order valence-electron chi connectivity index (χ2n) is 5.31. The summed E-state index contributed by atoms with van der Waals surface area (Å²) < 4.78 is 13.2. The van der Waals surface area contributed by atoms with Crippen molar-refractivity contribution < 1.29 is 4.39 Å². The molecule has 1 aromatic carbocycles. The third-order valence-electron chi connectivity index (χ3n) is 3.83. The van der Waals surface area contributed by atoms with Crippen molar-refractivity contribution in [2.75, 3.05) is 12.0 Å². The van der Waals surface area contributed by atoms with Gasteiger partial charge in [0.15, 0.2) is 0 Å². The van der Waals surface area contributed by atoms with Gasteiger partial charge in [0.25, 0.3) is 0 Å². The van der Waals surface area contributed by atoms with Gasteiger partial charge in [0.1, 0.15) is 11.5 Å². The highest BCUT2D eigenvalue weighted by molar-refractivity contribution is 6.28. The molecule has 4 N–H and O–H groups in total. The number of rotatable bonds is 2. The van der Waals surface area contributed by atoms with E-state index in [1.807, 2.05) is 6.07 Å². The number of benzene rings is 1. The van der Waals surface area contributed by atoms with Crippen LogP contribution in [0.15, 0.2) is 36.5 Å². The molecule has 8 heteroatoms. The Kier molecular flexibility index (Phi) is 4.46. The fourth-order valence-corrected chi connectivity index (χ4v) is 2.96. The smallest absolute Gasteiger partial charge is 0.222 e. The van der Waals surface area contributed by atoms with Gasteiger partial charge in [-0.15, -0.1) is 0 Å². The van der Waals surface area contributed by atoms with Crippen LogP contribution in [0.1, 0.15) is 12.1 Å². The first-order chi connectivity index (χ1) is 11.2. The minimum absolute atomic E-state index is 0. The molecule has 0 saturated heterocycles. The maximum Gasteiger partial charge on any atom is 0.222 e. The van der Waals surface area contributed by atoms with Gasteiger partial charge >= 0.3 is 0 Å². The Balaban J connectivity index is 0.00000169. The minimum Gasteiger partial charge on any atom is -0.344 e. The second-order valence-corrected chi connectivity index (χ2v) is 5.65. The molecule has 0 saturated carbocycles. The van der Waals surface area contributed by atoms with Crippen LogP contribution in [0, 0.1) is 5.82 Å². The molecule has 0 bridgehead atoms. The number of nitrogens with zero attached hydrogens (tertiary/aromatic N) is 4. The molecular weight excluding hydrogens is 331 g/mol. The van der Waals surface area contributed by atoms with E-state index in [-0.39, 0.29) is 17.3 Å². The molecule has 3 aromatic rings. The van der Waals surface area contributed by atoms with Crippen LogP contribution >= 0.6 is 11.6 Å². The first-order valence-electron chi connectivity index (χ1n) is 7.33. The van der Waals surface area contributed by atoms with E-state index in [0.29, 0.717) is 5.69 Å². The van der Waals surface area contributed by atoms with E-state index in [2.05, 4.69) is 20.5 Å². The lowest BCUT2D eigenvalue weighted by molar-refractivity contribution is 0.610. The number of halogens is 2. The third kappa shape index (κ3) is 2.83. The van der Waals surface area contributed by atoms with E-state index in [0.717, 1.165) is 41.9 Å². The summed E-state index contributed by atoms with van der Waals surface area (Å²) in [5.74, 6) is -0.275. The van der Waals surface area contributed by atoms with Gasteiger partial charge in [-0.1, -0.05) is 0 Å². The normalized spacial score (nSPS) is 12.9. The number of aromatic nitrogens is 4. The number of hydrogen-bond donors (Lipinski definition) is 2. The van der Waals surface area contributed by atoms with Crippen molar-refractivity contribution in [3.05, 3.63) is 53.3 Å². The molecule has 24 heavy (non-hydrogen) atoms. The molecule has 0 amide bonds. The lowest BCUT2D eigenvalue weighted by Gasteiger charge is -2.16. The van der Waals surface area contributed by atoms with E-state index >= 15 is 0 Å². The number of nitrogens with one attached hydrogen (secondary N) is 1. The van der Waals surface area contributed by atoms with Gasteiger partial charge in [-0.05, 0) is 54.8 Å². The predicted molar refractivity (Wildman–Crippen MR) is 91.2 cm³/mol. The topological polar surface area (TPSA) is 90.6 Å². The van der Waals surface area contributed by atoms with Crippen LogP contribution in [0.4, 0.5) is 4.39 Å². The highest BCUT2D eigenvalue weighted by Crippen LogP contribution is 2.35. The standard InChI is InChI=1S/C16H13ClFN5.H3N/c17-16-19-9-7-12(21-16)14-13-2-1-8-20-23(13)22-15(14)10-3-5-11(18)6-4-10;/h3-7,9,20H,1-2,8H2;1H3. The Morgan fingerprint density at radius 2 is 1.96 bits per heavy atom. The lowest BCUT2D eigenvalue weighted by Crippen LogP contribution is -2.25. The van der Waals surface area contributed by atoms with Gasteiger partial charge in [-0.3, -0.25) is 0 Å². The van der Waals surface area contributed by atoms with Crippen LogP contribution in [-0.2, 0) is 6.42 Å². The zero-order valence-electron chi connectivity index (χ0n) is 12.8. The average Bonchev–Trinajstić information content (AvgIpc) is 2.95. The van der Waals surface area contributed by atoms with Crippen molar-refractivity contribution in [3.8, 4) is 22.5 Å². The van der Waals surface area contributed by atoms with E-state index in [9.17, 15) is 4.39 Å². The van der Waals surface area contributed by atoms with Crippen LogP contribution in [0.2, 0.25) is 5.28 Å². The Bertz CT molecular complexity index is 862. The monoisotopic (exact) mass is 346 g/mol. The molecule has 0 spiro atoms. The SMILES string of the molecule is Fc1ccc(-c2nn3c(c2-c2ccnc(Cl)n2)CCCN3)cc1.N. The van der Waals surface area contributed by atoms with Crippen molar-refractivity contribution in [2.24, 2.45) is 0 Å². The molecular formula is C16H16ClFN6. The van der Waals surface area contributed by atoms with Gasteiger partial charge in [0, 0.05) is 18.3 Å². The van der Waals surface area contributed by atoms with Crippen LogP contribution in [0.5, 0.6) is 0 Å². The molecule has 3 heterocycles. The van der Waals surface area contributed by atoms with Gasteiger partial charge in [-0.2, -0.15) is 9.89 Å². The van der Waals surface area contributed by atoms with Crippen LogP contribution in [0.3, 0.4) is 0 Å². The molecule has 1 aliphatic heterocycles. The van der Waals surface area contributed by atoms with Gasteiger partial charge in [-0.25, -0.2) is 14.4 Å². The van der Waals surface area contributed by atoms with Gasteiger partial charge in [0.05, 0.1) is 17.0 Å². The summed E-state index contributed by atoms with van der Waals surface area (Å²) in [6, 6.07) is 8.10. The molecule has 0 aliphatic carbocycles. The summed E-state index contributed by atoms with van der Waals surface area (Å²) in [5, 5.41) is 4.83. The van der Waals surface area contributed by atoms with Crippen LogP contribution in [0.25, 0.3) is 22.5 Å². The Morgan fingerprint density at radius 1 is 1.17 bits per heavy atom. The largest absolute Gasteiger partial charge is 0.344 e. The third-order valence-corrected chi connectivity index (χ3v) is 4.02. The molecule has 2 aromatic heterocycles. The minimum atomic E-state index is -0.275. The van der Waals surface area contributed by atoms with E-state index < -0.39 is 0 Å². The van der Waals surface area contributed by atoms with Crippen molar-refractivity contribution in [1.82, 2.24) is 26.0 Å². The summed E-state index contributed by atoms with van der Waals surface area (Å²) >= 11 is 5.95. The van der Waals surface area contributed by atoms with E-state index in [4.69, 9.17) is 11.6 Å². The summed E-state index contributed by atoms with van der Waals surface area (Å²) in [6.45, 7) is 0.863. The Labute approximate surface area is 143 Å². The summed E-state index contributed by atoms with van der Waals surface area (Å²) in [5.41, 5.74) is 7.50. The molecule has 0 radical (unpaired) electrons. The van der Waals surface area contributed by atoms with Crippen LogP contribution < -0.4 is 11.6 Å². The highest BCUT2D eigenvalue weighted by Gasteiger charge is 2.23. The average molecular weight is 347 g/mol. The fourth-order valence-electron chi connectivity index (χ4n) is 2.81. The summed E-state index contributed by atoms with van der Waals surface area (Å²) in [7, 11) is 0. The van der Waals surface area contributed by atoms with Crippen LogP contribution in [-0.4, -0.2) is 26.4 Å². The molecule has 1 aliphatic rings. The molecule has 4 rings (SSSR count). The van der Waals surface area contributed by atoms with Gasteiger partial charge < -0.3 is 11.6 Å². The van der Waals surface area contributed by atoms with Gasteiger partial charge in [0.2, 0.25) is 5.28 Å². The van der Waals surface area contributed by atoms with Crippen molar-refractivity contribution in [2.45, 2.75) is 12.8 Å². The summed E-state index contributed by atoms with van der Waals surface area (Å²) in [6.07, 6.45) is 3.53. The maximum atomic E-state index is 13.2. The zero-order chi connectivity index (χ0) is 15.8. The Hall–Kier alpha value is -2.51. The second kappa shape index (κ2) is 6.54. The molecule has 0 atom stereocenters. The fraction of sp³-hybridized carbons (Fsp3) is 0.188. The molecule has 6 nitrogen and oxygen atoms in total. The lowest BCUT2D eigenvalue weighted by atomic mass is 10.0. The first kappa shape index (κ1) is 16.4. The van der Waals surface area contributed by atoms with Crippen molar-refractivity contribution in [1.29, 1.82) is 0 Å². The molecule has 124 valence electrons. The number of fused-ring (bicyclic) bond motifs is 1. The van der Waals surface area contributed by atoms with E-state index in [1.165, 1.54) is 12.1 Å². The predicted octanol–water partition coefficient (Wildman–Crippen LogP) is 3.45. The zero-order valence-corrected chi connectivity index (χ0v) is 13.6. The maximum absolute atomic E-state index is 13.2. The quantitative estimate of drug-likeness (QED) is 0.693. The molecule has 0 fully saturated rings. The number of hydrogen-bond acceptors (Lipinski definition) is 5. The Morgan fingerprint density at radius 3 is 2.71 bits per heavy atom. The summed E-state index contributed by atoms with van der Waals surface area (Å²) in [4.78, 5) is 10.0. The van der Waals surface area contributed by atoms with Crippen molar-refractivity contribution >= 4 is 11.6 Å². The first-order valence-corrected chi connectivity index (χ1v) is 7.71. The highest BCUT2D eigenvalue weighted by atomic mass is 35.5. The molecule has 0 unspecified atom stereocenters.